The molecule has 3 heterocycles. The molecule has 2 aliphatic rings. The summed E-state index contributed by atoms with van der Waals surface area (Å²) in [5.74, 6) is -1.43. The third kappa shape index (κ3) is 4.44. The minimum atomic E-state index is -4.94. The Balaban J connectivity index is 1.46. The molecule has 5 nitrogen and oxygen atoms in total. The molecule has 1 saturated heterocycles. The van der Waals surface area contributed by atoms with E-state index < -0.39 is 17.9 Å². The van der Waals surface area contributed by atoms with Crippen molar-refractivity contribution >= 4 is 5.69 Å². The second-order valence-corrected chi connectivity index (χ2v) is 7.48. The first kappa shape index (κ1) is 20.3. The smallest absolute Gasteiger partial charge is 0.403 e. The van der Waals surface area contributed by atoms with Gasteiger partial charge in [0, 0.05) is 55.4 Å². The number of halogens is 4. The molecule has 0 bridgehead atoms. The Morgan fingerprint density at radius 2 is 1.90 bits per heavy atom. The summed E-state index contributed by atoms with van der Waals surface area (Å²) in [4.78, 5) is 8.74. The fourth-order valence-corrected chi connectivity index (χ4v) is 3.99. The first-order valence-corrected chi connectivity index (χ1v) is 9.71. The molecule has 0 atom stereocenters. The molecule has 9 heteroatoms. The fourth-order valence-electron chi connectivity index (χ4n) is 3.99. The Bertz CT molecular complexity index is 939. The molecular weight excluding hydrogens is 400 g/mol. The molecule has 0 spiro atoms. The lowest BCUT2D eigenvalue weighted by Crippen LogP contribution is -2.36. The van der Waals surface area contributed by atoms with E-state index >= 15 is 0 Å². The molecule has 30 heavy (non-hydrogen) atoms. The van der Waals surface area contributed by atoms with Gasteiger partial charge in [0.15, 0.2) is 11.6 Å². The van der Waals surface area contributed by atoms with Crippen LogP contribution in [0.5, 0.6) is 5.75 Å². The number of pyridine rings is 1. The number of nitrogens with zero attached hydrogens (tertiary/aromatic N) is 3. The monoisotopic (exact) mass is 422 g/mol. The van der Waals surface area contributed by atoms with Crippen molar-refractivity contribution in [1.29, 1.82) is 0 Å². The van der Waals surface area contributed by atoms with Gasteiger partial charge in [-0.25, -0.2) is 4.39 Å². The van der Waals surface area contributed by atoms with Crippen LogP contribution < -0.4 is 15.0 Å². The van der Waals surface area contributed by atoms with Crippen molar-refractivity contribution in [3.05, 3.63) is 54.2 Å². The quantitative estimate of drug-likeness (QED) is 0.743. The molecule has 160 valence electrons. The normalized spacial score (nSPS) is 17.7. The number of hydrogen-bond acceptors (Lipinski definition) is 5. The maximum atomic E-state index is 14.1. The standard InChI is InChI=1S/C21H22F4N4O/c1-28-13-26-12-19(28)14-5-8-29(9-6-14)16-4-7-27-18(11-16)15-2-3-20(17(22)10-15)30-21(23,24)25/h2-4,7,10-12,14,26H,5-6,8-9,13H2,1H3. The van der Waals surface area contributed by atoms with Crippen molar-refractivity contribution in [3.8, 4) is 17.0 Å². The summed E-state index contributed by atoms with van der Waals surface area (Å²) in [6, 6.07) is 7.08. The van der Waals surface area contributed by atoms with Gasteiger partial charge < -0.3 is 19.9 Å². The molecular formula is C21H22F4N4O. The second-order valence-electron chi connectivity index (χ2n) is 7.48. The van der Waals surface area contributed by atoms with Crippen LogP contribution in [0, 0.1) is 11.7 Å². The highest BCUT2D eigenvalue weighted by molar-refractivity contribution is 5.65. The zero-order valence-corrected chi connectivity index (χ0v) is 16.4. The van der Waals surface area contributed by atoms with E-state index in [0.717, 1.165) is 50.4 Å². The summed E-state index contributed by atoms with van der Waals surface area (Å²) in [5, 5.41) is 3.25. The molecule has 0 aliphatic carbocycles. The molecule has 4 rings (SSSR count). The summed E-state index contributed by atoms with van der Waals surface area (Å²) in [5.41, 5.74) is 3.18. The number of allylic oxidation sites excluding steroid dienone is 1. The predicted molar refractivity (Wildman–Crippen MR) is 105 cm³/mol. The summed E-state index contributed by atoms with van der Waals surface area (Å²) in [7, 11) is 2.08. The topological polar surface area (TPSA) is 40.6 Å². The number of alkyl halides is 3. The highest BCUT2D eigenvalue weighted by atomic mass is 19.4. The SMILES string of the molecule is CN1CNC=C1C1CCN(c2ccnc(-c3ccc(OC(F)(F)F)c(F)c3)c2)CC1. The molecule has 0 saturated carbocycles. The summed E-state index contributed by atoms with van der Waals surface area (Å²) in [6.07, 6.45) is 0.824. The average Bonchev–Trinajstić information content (AvgIpc) is 3.15. The van der Waals surface area contributed by atoms with E-state index in [2.05, 4.69) is 38.1 Å². The Morgan fingerprint density at radius 3 is 2.53 bits per heavy atom. The van der Waals surface area contributed by atoms with Crippen LogP contribution in [-0.2, 0) is 0 Å². The van der Waals surface area contributed by atoms with Crippen LogP contribution in [0.2, 0.25) is 0 Å². The second kappa shape index (κ2) is 8.04. The van der Waals surface area contributed by atoms with E-state index in [-0.39, 0.29) is 0 Å². The van der Waals surface area contributed by atoms with Crippen molar-refractivity contribution in [1.82, 2.24) is 15.2 Å². The highest BCUT2D eigenvalue weighted by Crippen LogP contribution is 2.33. The number of aromatic nitrogens is 1. The van der Waals surface area contributed by atoms with Crippen molar-refractivity contribution in [2.75, 3.05) is 31.7 Å². The van der Waals surface area contributed by atoms with Crippen LogP contribution in [-0.4, -0.2) is 43.1 Å². The lowest BCUT2D eigenvalue weighted by atomic mass is 9.93. The summed E-state index contributed by atoms with van der Waals surface area (Å²) < 4.78 is 54.8. The fraction of sp³-hybridized carbons (Fsp3) is 0.381. The third-order valence-electron chi connectivity index (χ3n) is 5.49. The van der Waals surface area contributed by atoms with E-state index in [0.29, 0.717) is 17.2 Å². The maximum Gasteiger partial charge on any atom is 0.573 e. The number of benzene rings is 1. The first-order valence-electron chi connectivity index (χ1n) is 9.71. The van der Waals surface area contributed by atoms with Crippen LogP contribution >= 0.6 is 0 Å². The zero-order chi connectivity index (χ0) is 21.3. The summed E-state index contributed by atoms with van der Waals surface area (Å²) in [6.45, 7) is 2.60. The van der Waals surface area contributed by atoms with Crippen LogP contribution in [0.15, 0.2) is 48.4 Å². The van der Waals surface area contributed by atoms with Gasteiger partial charge in [0.2, 0.25) is 0 Å². The van der Waals surface area contributed by atoms with E-state index in [1.165, 1.54) is 11.8 Å². The highest BCUT2D eigenvalue weighted by Gasteiger charge is 2.32. The largest absolute Gasteiger partial charge is 0.573 e. The Kier molecular flexibility index (Phi) is 5.44. The van der Waals surface area contributed by atoms with E-state index in [1.54, 1.807) is 6.20 Å². The number of anilines is 1. The molecule has 0 amide bonds. The van der Waals surface area contributed by atoms with Gasteiger partial charge in [0.1, 0.15) is 0 Å². The summed E-state index contributed by atoms with van der Waals surface area (Å²) >= 11 is 0. The van der Waals surface area contributed by atoms with Gasteiger partial charge in [-0.3, -0.25) is 4.98 Å². The Labute approximate surface area is 172 Å². The van der Waals surface area contributed by atoms with Crippen molar-refractivity contribution < 1.29 is 22.3 Å². The number of piperidine rings is 1. The minimum absolute atomic E-state index is 0.391. The van der Waals surface area contributed by atoms with Crippen molar-refractivity contribution in [3.63, 3.8) is 0 Å². The number of hydrogen-bond donors (Lipinski definition) is 1. The van der Waals surface area contributed by atoms with E-state index in [9.17, 15) is 17.6 Å². The molecule has 0 radical (unpaired) electrons. The number of rotatable bonds is 4. The number of ether oxygens (including phenoxy) is 1. The van der Waals surface area contributed by atoms with Crippen molar-refractivity contribution in [2.45, 2.75) is 19.2 Å². The maximum absolute atomic E-state index is 14.1. The van der Waals surface area contributed by atoms with Gasteiger partial charge >= 0.3 is 6.36 Å². The number of nitrogens with one attached hydrogen (secondary N) is 1. The van der Waals surface area contributed by atoms with Gasteiger partial charge in [-0.05, 0) is 43.2 Å². The Hall–Kier alpha value is -2.97. The van der Waals surface area contributed by atoms with Crippen LogP contribution in [0.4, 0.5) is 23.2 Å². The predicted octanol–water partition coefficient (Wildman–Crippen LogP) is 4.34. The lowest BCUT2D eigenvalue weighted by Gasteiger charge is -2.35. The van der Waals surface area contributed by atoms with Crippen LogP contribution in [0.1, 0.15) is 12.8 Å². The molecule has 1 aromatic heterocycles. The van der Waals surface area contributed by atoms with Gasteiger partial charge in [-0.2, -0.15) is 0 Å². The third-order valence-corrected chi connectivity index (χ3v) is 5.49. The van der Waals surface area contributed by atoms with Gasteiger partial charge in [-0.15, -0.1) is 13.2 Å². The van der Waals surface area contributed by atoms with E-state index in [1.807, 2.05) is 12.1 Å². The van der Waals surface area contributed by atoms with Crippen LogP contribution in [0.3, 0.4) is 0 Å². The van der Waals surface area contributed by atoms with Crippen molar-refractivity contribution in [2.24, 2.45) is 5.92 Å². The first-order chi connectivity index (χ1) is 14.3. The van der Waals surface area contributed by atoms with Crippen LogP contribution in [0.25, 0.3) is 11.3 Å². The molecule has 0 unspecified atom stereocenters. The molecule has 1 aromatic carbocycles. The molecule has 2 aliphatic heterocycles. The van der Waals surface area contributed by atoms with Gasteiger partial charge in [0.25, 0.3) is 0 Å². The molecule has 1 fully saturated rings. The van der Waals surface area contributed by atoms with Gasteiger partial charge in [-0.1, -0.05) is 0 Å². The zero-order valence-electron chi connectivity index (χ0n) is 16.4. The van der Waals surface area contributed by atoms with Gasteiger partial charge in [0.05, 0.1) is 12.4 Å². The molecule has 1 N–H and O–H groups in total. The molecule has 2 aromatic rings. The lowest BCUT2D eigenvalue weighted by molar-refractivity contribution is -0.275. The average molecular weight is 422 g/mol. The Morgan fingerprint density at radius 1 is 1.13 bits per heavy atom. The minimum Gasteiger partial charge on any atom is -0.403 e. The van der Waals surface area contributed by atoms with E-state index in [4.69, 9.17) is 0 Å².